The van der Waals surface area contributed by atoms with Gasteiger partial charge < -0.3 is 5.32 Å². The molecule has 3 aromatic heterocycles. The van der Waals surface area contributed by atoms with Crippen molar-refractivity contribution in [3.8, 4) is 5.69 Å². The Labute approximate surface area is 166 Å². The molecule has 1 aliphatic heterocycles. The van der Waals surface area contributed by atoms with Crippen molar-refractivity contribution >= 4 is 29.1 Å². The van der Waals surface area contributed by atoms with Crippen molar-refractivity contribution in [2.75, 3.05) is 5.32 Å². The summed E-state index contributed by atoms with van der Waals surface area (Å²) in [4.78, 5) is 17.8. The van der Waals surface area contributed by atoms with Crippen LogP contribution in [0.5, 0.6) is 0 Å². The molecule has 28 heavy (non-hydrogen) atoms. The number of carbonyl (C=O) groups excluding carboxylic acids is 1. The largest absolute Gasteiger partial charge is 0.305 e. The number of carbonyl (C=O) groups is 1. The Bertz CT molecular complexity index is 1220. The smallest absolute Gasteiger partial charge is 0.275 e. The van der Waals surface area contributed by atoms with Crippen LogP contribution >= 0.6 is 11.8 Å². The average Bonchev–Trinajstić information content (AvgIpc) is 3.35. The van der Waals surface area contributed by atoms with E-state index < -0.39 is 0 Å². The van der Waals surface area contributed by atoms with Gasteiger partial charge >= 0.3 is 0 Å². The topological polar surface area (TPSA) is 64.2 Å². The zero-order valence-electron chi connectivity index (χ0n) is 15.6. The van der Waals surface area contributed by atoms with E-state index in [0.717, 1.165) is 45.5 Å². The standard InChI is InChI=1S/C21H19N5OS/c1-13-7-3-4-8-17(13)26-20(15-11-28-12-16(15)24-26)23-21(27)19-14(2)22-18-9-5-6-10-25(18)19/h3-10H,11-12H2,1-2H3,(H,23,27). The van der Waals surface area contributed by atoms with Crippen LogP contribution in [0.2, 0.25) is 0 Å². The highest BCUT2D eigenvalue weighted by Crippen LogP contribution is 2.36. The molecule has 5 rings (SSSR count). The first-order valence-electron chi connectivity index (χ1n) is 9.13. The first-order valence-corrected chi connectivity index (χ1v) is 10.3. The molecule has 1 amide bonds. The number of benzene rings is 1. The van der Waals surface area contributed by atoms with Gasteiger partial charge in [-0.1, -0.05) is 24.3 Å². The van der Waals surface area contributed by atoms with Crippen LogP contribution in [0.3, 0.4) is 0 Å². The number of anilines is 1. The molecule has 1 aliphatic rings. The zero-order valence-corrected chi connectivity index (χ0v) is 16.5. The molecule has 4 aromatic rings. The van der Waals surface area contributed by atoms with Gasteiger partial charge in [-0.3, -0.25) is 9.20 Å². The lowest BCUT2D eigenvalue weighted by molar-refractivity contribution is 0.102. The SMILES string of the molecule is Cc1ccccc1-n1nc2c(c1NC(=O)c1c(C)nc3ccccn13)CSC2. The van der Waals surface area contributed by atoms with Crippen LogP contribution in [0.1, 0.15) is 33.0 Å². The van der Waals surface area contributed by atoms with Crippen molar-refractivity contribution in [3.63, 3.8) is 0 Å². The number of fused-ring (bicyclic) bond motifs is 2. The second kappa shape index (κ2) is 6.53. The second-order valence-corrected chi connectivity index (χ2v) is 7.88. The molecular weight excluding hydrogens is 370 g/mol. The number of hydrogen-bond acceptors (Lipinski definition) is 4. The van der Waals surface area contributed by atoms with Crippen LogP contribution in [0.15, 0.2) is 48.7 Å². The van der Waals surface area contributed by atoms with Crippen molar-refractivity contribution in [1.82, 2.24) is 19.2 Å². The molecular formula is C21H19N5OS. The molecule has 1 N–H and O–H groups in total. The number of imidazole rings is 1. The van der Waals surface area contributed by atoms with Gasteiger partial charge in [0.1, 0.15) is 17.2 Å². The Morgan fingerprint density at radius 2 is 1.93 bits per heavy atom. The Morgan fingerprint density at radius 3 is 2.79 bits per heavy atom. The summed E-state index contributed by atoms with van der Waals surface area (Å²) in [6.07, 6.45) is 1.86. The quantitative estimate of drug-likeness (QED) is 0.572. The highest BCUT2D eigenvalue weighted by molar-refractivity contribution is 7.98. The Balaban J connectivity index is 1.61. The predicted octanol–water partition coefficient (Wildman–Crippen LogP) is 4.14. The number of rotatable bonds is 3. The third-order valence-electron chi connectivity index (χ3n) is 5.05. The third kappa shape index (κ3) is 2.62. The van der Waals surface area contributed by atoms with Gasteiger partial charge in [-0.2, -0.15) is 16.9 Å². The summed E-state index contributed by atoms with van der Waals surface area (Å²) >= 11 is 1.82. The lowest BCUT2D eigenvalue weighted by Crippen LogP contribution is -2.19. The number of hydrogen-bond donors (Lipinski definition) is 1. The summed E-state index contributed by atoms with van der Waals surface area (Å²) in [6.45, 7) is 3.91. The van der Waals surface area contributed by atoms with Crippen LogP contribution in [0.4, 0.5) is 5.82 Å². The molecule has 7 heteroatoms. The first kappa shape index (κ1) is 17.1. The molecule has 0 saturated heterocycles. The van der Waals surface area contributed by atoms with Crippen LogP contribution in [-0.4, -0.2) is 25.1 Å². The fourth-order valence-electron chi connectivity index (χ4n) is 3.67. The van der Waals surface area contributed by atoms with Crippen molar-refractivity contribution in [1.29, 1.82) is 0 Å². The summed E-state index contributed by atoms with van der Waals surface area (Å²) in [5, 5.41) is 7.94. The van der Waals surface area contributed by atoms with Gasteiger partial charge in [0.2, 0.25) is 0 Å². The number of nitrogens with zero attached hydrogens (tertiary/aromatic N) is 4. The van der Waals surface area contributed by atoms with Crippen LogP contribution in [0, 0.1) is 13.8 Å². The molecule has 0 spiro atoms. The van der Waals surface area contributed by atoms with Crippen molar-refractivity contribution in [3.05, 3.63) is 76.9 Å². The summed E-state index contributed by atoms with van der Waals surface area (Å²) in [5.74, 6) is 2.30. The van der Waals surface area contributed by atoms with Gasteiger partial charge in [-0.25, -0.2) is 9.67 Å². The molecule has 0 atom stereocenters. The van der Waals surface area contributed by atoms with E-state index in [9.17, 15) is 4.79 Å². The summed E-state index contributed by atoms with van der Waals surface area (Å²) < 4.78 is 3.70. The van der Waals surface area contributed by atoms with E-state index in [-0.39, 0.29) is 5.91 Å². The first-order chi connectivity index (χ1) is 13.6. The van der Waals surface area contributed by atoms with Crippen molar-refractivity contribution in [2.45, 2.75) is 25.4 Å². The predicted molar refractivity (Wildman–Crippen MR) is 111 cm³/mol. The summed E-state index contributed by atoms with van der Waals surface area (Å²) in [6, 6.07) is 13.8. The number of pyridine rings is 1. The molecule has 0 aliphatic carbocycles. The molecule has 4 heterocycles. The fraction of sp³-hybridized carbons (Fsp3) is 0.190. The van der Waals surface area contributed by atoms with Gasteiger partial charge in [0.05, 0.1) is 17.1 Å². The minimum Gasteiger partial charge on any atom is -0.305 e. The van der Waals surface area contributed by atoms with E-state index in [0.29, 0.717) is 11.4 Å². The van der Waals surface area contributed by atoms with E-state index in [2.05, 4.69) is 23.3 Å². The van der Waals surface area contributed by atoms with Crippen molar-refractivity contribution < 1.29 is 4.79 Å². The minimum atomic E-state index is -0.175. The summed E-state index contributed by atoms with van der Waals surface area (Å²) in [7, 11) is 0. The highest BCUT2D eigenvalue weighted by Gasteiger charge is 2.27. The van der Waals surface area contributed by atoms with Gasteiger partial charge in [0.25, 0.3) is 5.91 Å². The van der Waals surface area contributed by atoms with Crippen LogP contribution < -0.4 is 5.32 Å². The van der Waals surface area contributed by atoms with Gasteiger partial charge in [-0.15, -0.1) is 0 Å². The average molecular weight is 389 g/mol. The van der Waals surface area contributed by atoms with Crippen LogP contribution in [-0.2, 0) is 11.5 Å². The van der Waals surface area contributed by atoms with E-state index in [1.165, 1.54) is 0 Å². The molecule has 0 fully saturated rings. The number of nitrogens with one attached hydrogen (secondary N) is 1. The van der Waals surface area contributed by atoms with E-state index in [1.54, 1.807) is 0 Å². The van der Waals surface area contributed by atoms with Gasteiger partial charge in [0, 0.05) is 23.3 Å². The van der Waals surface area contributed by atoms with E-state index in [1.807, 2.05) is 70.4 Å². The number of para-hydroxylation sites is 1. The molecule has 0 radical (unpaired) electrons. The molecule has 1 aromatic carbocycles. The van der Waals surface area contributed by atoms with E-state index >= 15 is 0 Å². The maximum atomic E-state index is 13.3. The maximum absolute atomic E-state index is 13.3. The Morgan fingerprint density at radius 1 is 1.11 bits per heavy atom. The number of thioether (sulfide) groups is 1. The Hall–Kier alpha value is -3.06. The molecule has 0 bridgehead atoms. The zero-order chi connectivity index (χ0) is 19.3. The highest BCUT2D eigenvalue weighted by atomic mass is 32.2. The third-order valence-corrected chi connectivity index (χ3v) is 6.02. The molecule has 0 unspecified atom stereocenters. The van der Waals surface area contributed by atoms with E-state index in [4.69, 9.17) is 5.10 Å². The molecule has 0 saturated carbocycles. The molecule has 140 valence electrons. The lowest BCUT2D eigenvalue weighted by atomic mass is 10.2. The Kier molecular flexibility index (Phi) is 3.98. The summed E-state index contributed by atoms with van der Waals surface area (Å²) in [5.41, 5.74) is 6.25. The maximum Gasteiger partial charge on any atom is 0.275 e. The monoisotopic (exact) mass is 389 g/mol. The minimum absolute atomic E-state index is 0.175. The molecule has 6 nitrogen and oxygen atoms in total. The fourth-order valence-corrected chi connectivity index (χ4v) is 4.71. The van der Waals surface area contributed by atoms with Crippen LogP contribution in [0.25, 0.3) is 11.3 Å². The normalized spacial score (nSPS) is 13.1. The van der Waals surface area contributed by atoms with Crippen molar-refractivity contribution in [2.24, 2.45) is 0 Å². The second-order valence-electron chi connectivity index (χ2n) is 6.89. The number of aryl methyl sites for hydroxylation is 2. The lowest BCUT2D eigenvalue weighted by Gasteiger charge is -2.13. The van der Waals surface area contributed by atoms with Gasteiger partial charge in [-0.05, 0) is 37.6 Å². The number of aromatic nitrogens is 4. The number of amides is 1. The van der Waals surface area contributed by atoms with Gasteiger partial charge in [0.15, 0.2) is 0 Å².